The highest BCUT2D eigenvalue weighted by atomic mass is 16.2. The van der Waals surface area contributed by atoms with E-state index in [1.165, 1.54) is 0 Å². The van der Waals surface area contributed by atoms with Crippen molar-refractivity contribution >= 4 is 17.5 Å². The van der Waals surface area contributed by atoms with Gasteiger partial charge < -0.3 is 10.2 Å². The van der Waals surface area contributed by atoms with Gasteiger partial charge in [-0.2, -0.15) is 5.10 Å². The van der Waals surface area contributed by atoms with Crippen molar-refractivity contribution in [1.29, 1.82) is 0 Å². The van der Waals surface area contributed by atoms with Crippen LogP contribution in [0.2, 0.25) is 0 Å². The van der Waals surface area contributed by atoms with Crippen LogP contribution >= 0.6 is 0 Å². The standard InChI is InChI=1S/C12H20N4O2/c1-11(2,13-4)10(18)16-6-5-8-12(3,7-16)9(17)15-14-8/h13H,5-7H2,1-4H3,(H,15,17). The van der Waals surface area contributed by atoms with Crippen molar-refractivity contribution in [2.24, 2.45) is 10.5 Å². The van der Waals surface area contributed by atoms with Gasteiger partial charge in [-0.15, -0.1) is 0 Å². The first kappa shape index (κ1) is 13.0. The maximum atomic E-state index is 12.4. The van der Waals surface area contributed by atoms with Crippen LogP contribution in [0.15, 0.2) is 5.10 Å². The summed E-state index contributed by atoms with van der Waals surface area (Å²) >= 11 is 0. The van der Waals surface area contributed by atoms with Gasteiger partial charge in [0.15, 0.2) is 0 Å². The summed E-state index contributed by atoms with van der Waals surface area (Å²) in [7, 11) is 1.76. The Labute approximate surface area is 107 Å². The molecule has 0 radical (unpaired) electrons. The molecule has 0 aliphatic carbocycles. The summed E-state index contributed by atoms with van der Waals surface area (Å²) in [6, 6.07) is 0. The van der Waals surface area contributed by atoms with Gasteiger partial charge in [0.2, 0.25) is 5.91 Å². The lowest BCUT2D eigenvalue weighted by Gasteiger charge is -2.40. The molecule has 0 aromatic carbocycles. The molecule has 0 aromatic rings. The van der Waals surface area contributed by atoms with Crippen LogP contribution in [0.3, 0.4) is 0 Å². The fourth-order valence-electron chi connectivity index (χ4n) is 2.37. The summed E-state index contributed by atoms with van der Waals surface area (Å²) in [5.74, 6) is -0.0951. The number of hydrogen-bond donors (Lipinski definition) is 2. The molecule has 6 nitrogen and oxygen atoms in total. The van der Waals surface area contributed by atoms with E-state index in [1.807, 2.05) is 20.8 Å². The van der Waals surface area contributed by atoms with Crippen LogP contribution in [0, 0.1) is 5.41 Å². The molecular formula is C12H20N4O2. The lowest BCUT2D eigenvalue weighted by atomic mass is 9.79. The smallest absolute Gasteiger partial charge is 0.253 e. The maximum Gasteiger partial charge on any atom is 0.253 e. The van der Waals surface area contributed by atoms with Crippen LogP contribution in [0.4, 0.5) is 0 Å². The lowest BCUT2D eigenvalue weighted by Crippen LogP contribution is -2.59. The number of piperidine rings is 1. The second kappa shape index (κ2) is 4.05. The molecule has 2 rings (SSSR count). The summed E-state index contributed by atoms with van der Waals surface area (Å²) in [5.41, 5.74) is 2.10. The van der Waals surface area contributed by atoms with E-state index in [0.717, 1.165) is 5.71 Å². The van der Waals surface area contributed by atoms with E-state index in [9.17, 15) is 9.59 Å². The summed E-state index contributed by atoms with van der Waals surface area (Å²) in [6.45, 7) is 6.56. The Balaban J connectivity index is 2.18. The number of carbonyl (C=O) groups excluding carboxylic acids is 2. The highest BCUT2D eigenvalue weighted by molar-refractivity contribution is 6.13. The summed E-state index contributed by atoms with van der Waals surface area (Å²) in [6.07, 6.45) is 0.654. The molecule has 2 aliphatic heterocycles. The molecule has 0 saturated carbocycles. The molecule has 0 aromatic heterocycles. The van der Waals surface area contributed by atoms with E-state index in [0.29, 0.717) is 19.5 Å². The number of amides is 2. The number of likely N-dealkylation sites (N-methyl/N-ethyl adjacent to an activating group) is 1. The Morgan fingerprint density at radius 1 is 1.56 bits per heavy atom. The molecule has 0 bridgehead atoms. The third-order valence-corrected chi connectivity index (χ3v) is 4.00. The maximum absolute atomic E-state index is 12.4. The molecule has 6 heteroatoms. The first-order valence-corrected chi connectivity index (χ1v) is 6.17. The normalized spacial score (nSPS) is 27.7. The summed E-state index contributed by atoms with van der Waals surface area (Å²) in [4.78, 5) is 26.0. The monoisotopic (exact) mass is 252 g/mol. The third-order valence-electron chi connectivity index (χ3n) is 4.00. The van der Waals surface area contributed by atoms with Crippen LogP contribution in [-0.2, 0) is 9.59 Å². The van der Waals surface area contributed by atoms with Crippen molar-refractivity contribution in [2.45, 2.75) is 32.7 Å². The van der Waals surface area contributed by atoms with Crippen molar-refractivity contribution in [3.05, 3.63) is 0 Å². The van der Waals surface area contributed by atoms with Crippen LogP contribution in [0.25, 0.3) is 0 Å². The molecule has 0 spiro atoms. The van der Waals surface area contributed by atoms with E-state index in [1.54, 1.807) is 11.9 Å². The molecule has 1 atom stereocenters. The van der Waals surface area contributed by atoms with Crippen LogP contribution in [0.5, 0.6) is 0 Å². The highest BCUT2D eigenvalue weighted by Gasteiger charge is 2.48. The van der Waals surface area contributed by atoms with Gasteiger partial charge in [-0.25, -0.2) is 5.43 Å². The van der Waals surface area contributed by atoms with E-state index >= 15 is 0 Å². The van der Waals surface area contributed by atoms with E-state index in [4.69, 9.17) is 0 Å². The number of hydrazone groups is 1. The molecule has 1 unspecified atom stereocenters. The number of fused-ring (bicyclic) bond motifs is 1. The largest absolute Gasteiger partial charge is 0.339 e. The van der Waals surface area contributed by atoms with Crippen molar-refractivity contribution in [2.75, 3.05) is 20.1 Å². The number of hydrogen-bond acceptors (Lipinski definition) is 4. The second-order valence-electron chi connectivity index (χ2n) is 5.68. The Morgan fingerprint density at radius 2 is 2.22 bits per heavy atom. The number of nitrogens with one attached hydrogen (secondary N) is 2. The van der Waals surface area contributed by atoms with Crippen molar-refractivity contribution in [1.82, 2.24) is 15.6 Å². The van der Waals surface area contributed by atoms with Gasteiger partial charge in [-0.3, -0.25) is 9.59 Å². The molecule has 1 fully saturated rings. The van der Waals surface area contributed by atoms with Crippen LogP contribution < -0.4 is 10.7 Å². The van der Waals surface area contributed by atoms with Gasteiger partial charge in [0, 0.05) is 19.5 Å². The lowest BCUT2D eigenvalue weighted by molar-refractivity contribution is -0.140. The van der Waals surface area contributed by atoms with Crippen LogP contribution in [0.1, 0.15) is 27.2 Å². The average molecular weight is 252 g/mol. The zero-order valence-electron chi connectivity index (χ0n) is 11.3. The van der Waals surface area contributed by atoms with Crippen LogP contribution in [-0.4, -0.2) is 48.1 Å². The zero-order valence-corrected chi connectivity index (χ0v) is 11.3. The topological polar surface area (TPSA) is 73.8 Å². The van der Waals surface area contributed by atoms with E-state index < -0.39 is 11.0 Å². The average Bonchev–Trinajstić information content (AvgIpc) is 2.64. The number of nitrogens with zero attached hydrogens (tertiary/aromatic N) is 2. The predicted octanol–water partition coefficient (Wildman–Crippen LogP) is -0.291. The van der Waals surface area contributed by atoms with E-state index in [2.05, 4.69) is 15.8 Å². The highest BCUT2D eigenvalue weighted by Crippen LogP contribution is 2.31. The fourth-order valence-corrected chi connectivity index (χ4v) is 2.37. The first-order valence-electron chi connectivity index (χ1n) is 6.17. The van der Waals surface area contributed by atoms with Gasteiger partial charge >= 0.3 is 0 Å². The van der Waals surface area contributed by atoms with Gasteiger partial charge in [0.1, 0.15) is 5.41 Å². The molecular weight excluding hydrogens is 232 g/mol. The minimum absolute atomic E-state index is 0.0185. The zero-order chi connectivity index (χ0) is 13.6. The van der Waals surface area contributed by atoms with Crippen molar-refractivity contribution < 1.29 is 9.59 Å². The SMILES string of the molecule is CNC(C)(C)C(=O)N1CCC2=NNC(=O)C2(C)C1. The second-order valence-corrected chi connectivity index (χ2v) is 5.68. The summed E-state index contributed by atoms with van der Waals surface area (Å²) < 4.78 is 0. The molecule has 18 heavy (non-hydrogen) atoms. The minimum atomic E-state index is -0.655. The van der Waals surface area contributed by atoms with Gasteiger partial charge in [-0.05, 0) is 27.8 Å². The first-order chi connectivity index (χ1) is 8.31. The Morgan fingerprint density at radius 3 is 2.83 bits per heavy atom. The molecule has 100 valence electrons. The molecule has 1 saturated heterocycles. The summed E-state index contributed by atoms with van der Waals surface area (Å²) in [5, 5.41) is 7.05. The van der Waals surface area contributed by atoms with E-state index in [-0.39, 0.29) is 11.8 Å². The Hall–Kier alpha value is -1.43. The fraction of sp³-hybridized carbons (Fsp3) is 0.750. The van der Waals surface area contributed by atoms with Crippen molar-refractivity contribution in [3.63, 3.8) is 0 Å². The minimum Gasteiger partial charge on any atom is -0.339 e. The number of rotatable bonds is 2. The van der Waals surface area contributed by atoms with Gasteiger partial charge in [0.25, 0.3) is 5.91 Å². The predicted molar refractivity (Wildman–Crippen MR) is 68.0 cm³/mol. The molecule has 2 N–H and O–H groups in total. The Bertz CT molecular complexity index is 430. The molecule has 2 aliphatic rings. The Kier molecular flexibility index (Phi) is 2.93. The molecule has 2 heterocycles. The van der Waals surface area contributed by atoms with Gasteiger partial charge in [-0.1, -0.05) is 0 Å². The van der Waals surface area contributed by atoms with Crippen molar-refractivity contribution in [3.8, 4) is 0 Å². The van der Waals surface area contributed by atoms with Gasteiger partial charge in [0.05, 0.1) is 11.3 Å². The quantitative estimate of drug-likeness (QED) is 0.709. The number of carbonyl (C=O) groups is 2. The third kappa shape index (κ3) is 1.80. The number of likely N-dealkylation sites (tertiary alicyclic amines) is 1. The molecule has 2 amide bonds.